The maximum atomic E-state index is 5.12. The van der Waals surface area contributed by atoms with E-state index < -0.39 is 0 Å². The average molecular weight is 268 g/mol. The lowest BCUT2D eigenvalue weighted by molar-refractivity contribution is 0.415. The van der Waals surface area contributed by atoms with E-state index in [1.807, 2.05) is 54.6 Å². The fourth-order valence-corrected chi connectivity index (χ4v) is 1.65. The molecule has 0 radical (unpaired) electrons. The number of nitrogens with zero attached hydrogens (tertiary/aromatic N) is 2. The van der Waals surface area contributed by atoms with Crippen LogP contribution in [0.1, 0.15) is 5.56 Å². The molecule has 3 nitrogen and oxygen atoms in total. The van der Waals surface area contributed by atoms with Crippen LogP contribution in [0.15, 0.2) is 64.6 Å². The Morgan fingerprint density at radius 1 is 1.05 bits per heavy atom. The number of hydrogen-bond acceptors (Lipinski definition) is 3. The van der Waals surface area contributed by atoms with Gasteiger partial charge in [-0.1, -0.05) is 18.2 Å². The fourth-order valence-electron chi connectivity index (χ4n) is 1.56. The van der Waals surface area contributed by atoms with Crippen molar-refractivity contribution >= 4 is 28.9 Å². The number of rotatable bonds is 3. The zero-order valence-electron chi connectivity index (χ0n) is 10.4. The van der Waals surface area contributed by atoms with E-state index in [0.717, 1.165) is 17.0 Å². The minimum Gasteiger partial charge on any atom is -0.497 e. The number of hydrogen-bond donors (Lipinski definition) is 0. The second kappa shape index (κ2) is 6.59. The van der Waals surface area contributed by atoms with E-state index in [4.69, 9.17) is 4.74 Å². The number of isothiocyanates is 1. The maximum absolute atomic E-state index is 5.12. The summed E-state index contributed by atoms with van der Waals surface area (Å²) >= 11 is 4.67. The van der Waals surface area contributed by atoms with Crippen molar-refractivity contribution < 1.29 is 4.74 Å². The predicted octanol–water partition coefficient (Wildman–Crippen LogP) is 3.88. The Balaban J connectivity index is 2.39. The second-order valence-corrected chi connectivity index (χ2v) is 3.89. The minimum atomic E-state index is 0.531. The predicted molar refractivity (Wildman–Crippen MR) is 80.7 cm³/mol. The van der Waals surface area contributed by atoms with Crippen molar-refractivity contribution in [2.45, 2.75) is 0 Å². The molecule has 0 atom stereocenters. The van der Waals surface area contributed by atoms with Crippen molar-refractivity contribution in [2.24, 2.45) is 9.98 Å². The van der Waals surface area contributed by atoms with Crippen LogP contribution in [0.2, 0.25) is 0 Å². The van der Waals surface area contributed by atoms with Crippen LogP contribution >= 0.6 is 12.2 Å². The Labute approximate surface area is 117 Å². The lowest BCUT2D eigenvalue weighted by Crippen LogP contribution is -1.96. The smallest absolute Gasteiger partial charge is 0.170 e. The van der Waals surface area contributed by atoms with Gasteiger partial charge in [-0.2, -0.15) is 4.99 Å². The number of aliphatic imine (C=N–C) groups is 2. The van der Waals surface area contributed by atoms with Crippen molar-refractivity contribution in [3.05, 3.63) is 60.2 Å². The molecular weight excluding hydrogens is 256 g/mol. The van der Waals surface area contributed by atoms with Crippen molar-refractivity contribution in [3.63, 3.8) is 0 Å². The molecule has 0 N–H and O–H groups in total. The van der Waals surface area contributed by atoms with Gasteiger partial charge < -0.3 is 4.74 Å². The summed E-state index contributed by atoms with van der Waals surface area (Å²) in [4.78, 5) is 8.47. The summed E-state index contributed by atoms with van der Waals surface area (Å²) in [5.74, 6) is 1.32. The van der Waals surface area contributed by atoms with Gasteiger partial charge in [0.15, 0.2) is 5.84 Å². The molecule has 0 saturated heterocycles. The zero-order valence-corrected chi connectivity index (χ0v) is 11.2. The van der Waals surface area contributed by atoms with Crippen LogP contribution in [0.4, 0.5) is 5.69 Å². The molecular formula is C15H12N2OS. The van der Waals surface area contributed by atoms with E-state index >= 15 is 0 Å². The Hall–Kier alpha value is -2.29. The molecule has 2 aromatic rings. The molecule has 19 heavy (non-hydrogen) atoms. The molecule has 0 aliphatic rings. The monoisotopic (exact) mass is 268 g/mol. The first-order valence-electron chi connectivity index (χ1n) is 5.69. The lowest BCUT2D eigenvalue weighted by atomic mass is 10.2. The van der Waals surface area contributed by atoms with Crippen LogP contribution < -0.4 is 4.74 Å². The van der Waals surface area contributed by atoms with E-state index in [1.165, 1.54) is 0 Å². The van der Waals surface area contributed by atoms with Crippen molar-refractivity contribution in [2.75, 3.05) is 7.11 Å². The zero-order chi connectivity index (χ0) is 13.5. The van der Waals surface area contributed by atoms with Gasteiger partial charge in [-0.05, 0) is 48.6 Å². The summed E-state index contributed by atoms with van der Waals surface area (Å²) in [6.45, 7) is 0. The third kappa shape index (κ3) is 3.58. The molecule has 0 spiro atoms. The van der Waals surface area contributed by atoms with E-state index in [1.54, 1.807) is 7.11 Å². The first-order chi connectivity index (χ1) is 9.33. The normalized spacial score (nSPS) is 10.7. The molecule has 0 fully saturated rings. The maximum Gasteiger partial charge on any atom is 0.170 e. The number of methoxy groups -OCH3 is 1. The largest absolute Gasteiger partial charge is 0.497 e. The quantitative estimate of drug-likeness (QED) is 0.481. The van der Waals surface area contributed by atoms with Gasteiger partial charge in [0.05, 0.1) is 18.0 Å². The molecule has 0 bridgehead atoms. The van der Waals surface area contributed by atoms with Crippen LogP contribution in [0.3, 0.4) is 0 Å². The van der Waals surface area contributed by atoms with E-state index in [2.05, 4.69) is 27.4 Å². The number of para-hydroxylation sites is 1. The third-order valence-electron chi connectivity index (χ3n) is 2.49. The van der Waals surface area contributed by atoms with Gasteiger partial charge in [0.1, 0.15) is 5.75 Å². The number of thiocarbonyl (C=S) groups is 1. The van der Waals surface area contributed by atoms with Gasteiger partial charge in [-0.15, -0.1) is 0 Å². The SMILES string of the molecule is COc1ccc(C(N=C=S)=Nc2ccccc2)cc1. The molecule has 0 aliphatic carbocycles. The second-order valence-electron chi connectivity index (χ2n) is 3.70. The van der Waals surface area contributed by atoms with Gasteiger partial charge in [0, 0.05) is 5.56 Å². The molecule has 0 heterocycles. The fraction of sp³-hybridized carbons (Fsp3) is 0.0667. The van der Waals surface area contributed by atoms with Crippen LogP contribution in [0.5, 0.6) is 5.75 Å². The van der Waals surface area contributed by atoms with E-state index in [9.17, 15) is 0 Å². The van der Waals surface area contributed by atoms with Crippen LogP contribution in [-0.2, 0) is 0 Å². The van der Waals surface area contributed by atoms with E-state index in [-0.39, 0.29) is 0 Å². The van der Waals surface area contributed by atoms with Crippen molar-refractivity contribution in [1.29, 1.82) is 0 Å². The summed E-state index contributed by atoms with van der Waals surface area (Å²) < 4.78 is 5.12. The van der Waals surface area contributed by atoms with Gasteiger partial charge in [-0.3, -0.25) is 0 Å². The van der Waals surface area contributed by atoms with Crippen molar-refractivity contribution in [1.82, 2.24) is 0 Å². The molecule has 2 aromatic carbocycles. The van der Waals surface area contributed by atoms with Gasteiger partial charge >= 0.3 is 0 Å². The number of amidine groups is 1. The number of benzene rings is 2. The Morgan fingerprint density at radius 2 is 1.74 bits per heavy atom. The highest BCUT2D eigenvalue weighted by Gasteiger charge is 2.02. The van der Waals surface area contributed by atoms with E-state index in [0.29, 0.717) is 5.84 Å². The van der Waals surface area contributed by atoms with Gasteiger partial charge in [0.2, 0.25) is 0 Å². The molecule has 0 unspecified atom stereocenters. The molecule has 0 aliphatic heterocycles. The summed E-state index contributed by atoms with van der Waals surface area (Å²) in [6, 6.07) is 17.1. The van der Waals surface area contributed by atoms with Gasteiger partial charge in [-0.25, -0.2) is 4.99 Å². The highest BCUT2D eigenvalue weighted by atomic mass is 32.1. The van der Waals surface area contributed by atoms with Crippen LogP contribution in [0, 0.1) is 0 Å². The van der Waals surface area contributed by atoms with Crippen LogP contribution in [0.25, 0.3) is 0 Å². The number of ether oxygens (including phenoxy) is 1. The average Bonchev–Trinajstić information content (AvgIpc) is 2.48. The first kappa shape index (κ1) is 13.1. The van der Waals surface area contributed by atoms with Crippen molar-refractivity contribution in [3.8, 4) is 5.75 Å². The topological polar surface area (TPSA) is 34.0 Å². The highest BCUT2D eigenvalue weighted by molar-refractivity contribution is 7.78. The highest BCUT2D eigenvalue weighted by Crippen LogP contribution is 2.16. The minimum absolute atomic E-state index is 0.531. The summed E-state index contributed by atoms with van der Waals surface area (Å²) in [5, 5.41) is 2.36. The Kier molecular flexibility index (Phi) is 4.56. The molecule has 2 rings (SSSR count). The summed E-state index contributed by atoms with van der Waals surface area (Å²) in [5.41, 5.74) is 1.68. The Bertz CT molecular complexity index is 614. The summed E-state index contributed by atoms with van der Waals surface area (Å²) in [7, 11) is 1.63. The van der Waals surface area contributed by atoms with Crippen LogP contribution in [-0.4, -0.2) is 18.1 Å². The molecule has 0 saturated carbocycles. The molecule has 4 heteroatoms. The molecule has 94 valence electrons. The molecule has 0 aromatic heterocycles. The van der Waals surface area contributed by atoms with Gasteiger partial charge in [0.25, 0.3) is 0 Å². The summed E-state index contributed by atoms with van der Waals surface area (Å²) in [6.07, 6.45) is 0. The lowest BCUT2D eigenvalue weighted by Gasteiger charge is -2.02. The molecule has 0 amide bonds. The Morgan fingerprint density at radius 3 is 2.32 bits per heavy atom. The first-order valence-corrected chi connectivity index (χ1v) is 6.10. The third-order valence-corrected chi connectivity index (χ3v) is 2.58. The standard InChI is InChI=1S/C15H12N2OS/c1-18-14-9-7-12(8-10-14)15(16-11-19)17-13-5-3-2-4-6-13/h2-10H,1H3.